The van der Waals surface area contributed by atoms with E-state index in [4.69, 9.17) is 4.74 Å². The summed E-state index contributed by atoms with van der Waals surface area (Å²) in [4.78, 5) is 13.8. The van der Waals surface area contributed by atoms with Crippen molar-refractivity contribution < 1.29 is 9.53 Å². The first kappa shape index (κ1) is 13.2. The molecule has 0 radical (unpaired) electrons. The number of carbonyl (C=O) groups is 1. The Morgan fingerprint density at radius 1 is 1.44 bits per heavy atom. The summed E-state index contributed by atoms with van der Waals surface area (Å²) in [6, 6.07) is 2.49. The molecule has 18 heavy (non-hydrogen) atoms. The van der Waals surface area contributed by atoms with Crippen molar-refractivity contribution in [2.24, 2.45) is 17.3 Å². The second-order valence-electron chi connectivity index (χ2n) is 6.69. The highest BCUT2D eigenvalue weighted by Crippen LogP contribution is 2.53. The van der Waals surface area contributed by atoms with Gasteiger partial charge in [0.15, 0.2) is 0 Å². The lowest BCUT2D eigenvalue weighted by Crippen LogP contribution is -2.37. The first-order valence-electron chi connectivity index (χ1n) is 6.68. The molecule has 1 unspecified atom stereocenters. The Morgan fingerprint density at radius 2 is 2.06 bits per heavy atom. The summed E-state index contributed by atoms with van der Waals surface area (Å²) in [5.41, 5.74) is -0.811. The Balaban J connectivity index is 2.07. The van der Waals surface area contributed by atoms with E-state index < -0.39 is 5.60 Å². The van der Waals surface area contributed by atoms with Gasteiger partial charge >= 0.3 is 6.09 Å². The number of likely N-dealkylation sites (tertiary alicyclic amines) is 1. The molecule has 4 nitrogen and oxygen atoms in total. The lowest BCUT2D eigenvalue weighted by molar-refractivity contribution is 0.0277. The molecule has 1 heterocycles. The molecule has 0 spiro atoms. The number of amides is 1. The Labute approximate surface area is 109 Å². The predicted octanol–water partition coefficient (Wildman–Crippen LogP) is 2.79. The molecule has 2 rings (SSSR count). The fraction of sp³-hybridized carbons (Fsp3) is 0.857. The summed E-state index contributed by atoms with van der Waals surface area (Å²) in [5.74, 6) is 0.715. The zero-order chi connectivity index (χ0) is 13.6. The van der Waals surface area contributed by atoms with Crippen LogP contribution in [0.25, 0.3) is 0 Å². The van der Waals surface area contributed by atoms with Gasteiger partial charge in [0.25, 0.3) is 0 Å². The maximum atomic E-state index is 12.0. The summed E-state index contributed by atoms with van der Waals surface area (Å²) in [7, 11) is 0. The molecule has 2 fully saturated rings. The molecule has 0 aromatic heterocycles. The van der Waals surface area contributed by atoms with Crippen molar-refractivity contribution in [1.29, 1.82) is 5.26 Å². The van der Waals surface area contributed by atoms with Crippen LogP contribution in [0.5, 0.6) is 0 Å². The number of hydrogen-bond acceptors (Lipinski definition) is 3. The molecule has 0 aromatic carbocycles. The number of carbonyl (C=O) groups excluding carboxylic acids is 1. The molecule has 0 aromatic rings. The molecule has 2 aliphatic rings. The summed E-state index contributed by atoms with van der Waals surface area (Å²) < 4.78 is 5.39. The topological polar surface area (TPSA) is 53.3 Å². The van der Waals surface area contributed by atoms with Crippen LogP contribution in [-0.2, 0) is 4.74 Å². The van der Waals surface area contributed by atoms with Gasteiger partial charge in [-0.3, -0.25) is 0 Å². The van der Waals surface area contributed by atoms with Crippen LogP contribution in [0.1, 0.15) is 40.5 Å². The first-order valence-corrected chi connectivity index (χ1v) is 6.68. The predicted molar refractivity (Wildman–Crippen MR) is 67.7 cm³/mol. The second kappa shape index (κ2) is 4.15. The van der Waals surface area contributed by atoms with Gasteiger partial charge in [-0.2, -0.15) is 5.26 Å². The van der Waals surface area contributed by atoms with Crippen molar-refractivity contribution in [3.63, 3.8) is 0 Å². The molecule has 4 heteroatoms. The zero-order valence-corrected chi connectivity index (χ0v) is 11.7. The molecular weight excluding hydrogens is 228 g/mol. The SMILES string of the molecule is CC1CN(C(=O)OC(C)(C)C)C[C@@]1(C#N)C1CC1. The fourth-order valence-corrected chi connectivity index (χ4v) is 2.86. The normalized spacial score (nSPS) is 32.2. The van der Waals surface area contributed by atoms with Crippen LogP contribution in [0.2, 0.25) is 0 Å². The highest BCUT2D eigenvalue weighted by Gasteiger charge is 2.55. The zero-order valence-electron chi connectivity index (χ0n) is 11.7. The maximum absolute atomic E-state index is 12.0. The van der Waals surface area contributed by atoms with E-state index in [1.807, 2.05) is 20.8 Å². The van der Waals surface area contributed by atoms with Gasteiger partial charge in [0.2, 0.25) is 0 Å². The summed E-state index contributed by atoms with van der Waals surface area (Å²) in [6.07, 6.45) is 1.97. The highest BCUT2D eigenvalue weighted by molar-refractivity contribution is 5.69. The molecule has 100 valence electrons. The van der Waals surface area contributed by atoms with Gasteiger partial charge in [-0.05, 0) is 45.4 Å². The van der Waals surface area contributed by atoms with Gasteiger partial charge in [-0.15, -0.1) is 0 Å². The van der Waals surface area contributed by atoms with Crippen molar-refractivity contribution in [2.75, 3.05) is 13.1 Å². The van der Waals surface area contributed by atoms with Gasteiger partial charge < -0.3 is 9.64 Å². The van der Waals surface area contributed by atoms with E-state index in [-0.39, 0.29) is 17.4 Å². The Bertz CT molecular complexity index is 390. The minimum absolute atomic E-state index is 0.238. The molecular formula is C14H22N2O2. The van der Waals surface area contributed by atoms with E-state index in [1.54, 1.807) is 4.90 Å². The van der Waals surface area contributed by atoms with Crippen molar-refractivity contribution in [2.45, 2.75) is 46.1 Å². The monoisotopic (exact) mass is 250 g/mol. The number of hydrogen-bond donors (Lipinski definition) is 0. The van der Waals surface area contributed by atoms with Crippen LogP contribution < -0.4 is 0 Å². The first-order chi connectivity index (χ1) is 8.28. The van der Waals surface area contributed by atoms with Crippen LogP contribution in [0.4, 0.5) is 4.79 Å². The molecule has 0 N–H and O–H groups in total. The standard InChI is InChI=1S/C14H22N2O2/c1-10-7-16(12(17)18-13(2,3)4)9-14(10,8-15)11-5-6-11/h10-11H,5-7,9H2,1-4H3/t10?,14-/m1/s1. The summed E-state index contributed by atoms with van der Waals surface area (Å²) >= 11 is 0. The van der Waals surface area contributed by atoms with Crippen molar-refractivity contribution >= 4 is 6.09 Å². The van der Waals surface area contributed by atoms with E-state index in [1.165, 1.54) is 0 Å². The number of ether oxygens (including phenoxy) is 1. The largest absolute Gasteiger partial charge is 0.444 e. The van der Waals surface area contributed by atoms with Crippen molar-refractivity contribution in [3.8, 4) is 6.07 Å². The molecule has 1 aliphatic heterocycles. The number of rotatable bonds is 1. The Hall–Kier alpha value is -1.24. The minimum Gasteiger partial charge on any atom is -0.444 e. The Morgan fingerprint density at radius 3 is 2.50 bits per heavy atom. The minimum atomic E-state index is -0.474. The second-order valence-corrected chi connectivity index (χ2v) is 6.69. The van der Waals surface area contributed by atoms with Crippen LogP contribution >= 0.6 is 0 Å². The van der Waals surface area contributed by atoms with Crippen LogP contribution in [0, 0.1) is 28.6 Å². The third-order valence-corrected chi connectivity index (χ3v) is 3.99. The fourth-order valence-electron chi connectivity index (χ4n) is 2.86. The van der Waals surface area contributed by atoms with Crippen LogP contribution in [-0.4, -0.2) is 29.7 Å². The quantitative estimate of drug-likeness (QED) is 0.719. The van der Waals surface area contributed by atoms with Gasteiger partial charge in [-0.1, -0.05) is 6.92 Å². The van der Waals surface area contributed by atoms with Gasteiger partial charge in [0.05, 0.1) is 11.5 Å². The molecule has 0 bridgehead atoms. The third kappa shape index (κ3) is 2.31. The smallest absolute Gasteiger partial charge is 0.410 e. The lowest BCUT2D eigenvalue weighted by atomic mass is 9.76. The number of nitrogens with zero attached hydrogens (tertiary/aromatic N) is 2. The highest BCUT2D eigenvalue weighted by atomic mass is 16.6. The molecule has 1 saturated heterocycles. The summed E-state index contributed by atoms with van der Waals surface area (Å²) in [5, 5.41) is 9.50. The van der Waals surface area contributed by atoms with E-state index in [0.29, 0.717) is 19.0 Å². The summed E-state index contributed by atoms with van der Waals surface area (Å²) in [6.45, 7) is 8.84. The lowest BCUT2D eigenvalue weighted by Gasteiger charge is -2.26. The molecule has 1 aliphatic carbocycles. The van der Waals surface area contributed by atoms with Gasteiger partial charge in [0, 0.05) is 13.1 Å². The van der Waals surface area contributed by atoms with Crippen LogP contribution in [0.3, 0.4) is 0 Å². The molecule has 1 saturated carbocycles. The van der Waals surface area contributed by atoms with Gasteiger partial charge in [0.1, 0.15) is 5.60 Å². The van der Waals surface area contributed by atoms with E-state index in [2.05, 4.69) is 13.0 Å². The molecule has 2 atom stereocenters. The maximum Gasteiger partial charge on any atom is 0.410 e. The van der Waals surface area contributed by atoms with Gasteiger partial charge in [-0.25, -0.2) is 4.79 Å². The number of nitriles is 1. The van der Waals surface area contributed by atoms with Crippen molar-refractivity contribution in [1.82, 2.24) is 4.90 Å². The van der Waals surface area contributed by atoms with Crippen molar-refractivity contribution in [3.05, 3.63) is 0 Å². The third-order valence-electron chi connectivity index (χ3n) is 3.99. The van der Waals surface area contributed by atoms with E-state index in [0.717, 1.165) is 12.8 Å². The Kier molecular flexibility index (Phi) is 3.04. The average molecular weight is 250 g/mol. The molecule has 1 amide bonds. The van der Waals surface area contributed by atoms with E-state index in [9.17, 15) is 10.1 Å². The van der Waals surface area contributed by atoms with E-state index >= 15 is 0 Å². The van der Waals surface area contributed by atoms with Crippen LogP contribution in [0.15, 0.2) is 0 Å². The average Bonchev–Trinajstić information content (AvgIpc) is 3.01.